The van der Waals surface area contributed by atoms with Gasteiger partial charge in [0.1, 0.15) is 5.82 Å². The summed E-state index contributed by atoms with van der Waals surface area (Å²) in [7, 11) is 0. The van der Waals surface area contributed by atoms with E-state index in [1.54, 1.807) is 19.1 Å². The molecule has 0 saturated carbocycles. The molecule has 0 aromatic heterocycles. The number of hydrogen-bond acceptors (Lipinski definition) is 1. The van der Waals surface area contributed by atoms with Gasteiger partial charge in [0, 0.05) is 16.9 Å². The highest BCUT2D eigenvalue weighted by atomic mass is 32.1. The molecule has 2 aromatic carbocycles. The van der Waals surface area contributed by atoms with Gasteiger partial charge in [0.25, 0.3) is 0 Å². The highest BCUT2D eigenvalue weighted by molar-refractivity contribution is 7.80. The fraction of sp³-hybridized carbons (Fsp3) is 0.188. The van der Waals surface area contributed by atoms with E-state index in [9.17, 15) is 4.39 Å². The van der Waals surface area contributed by atoms with Crippen LogP contribution in [0.5, 0.6) is 0 Å². The standard InChI is InChI=1S/C16H17FN2S/c1-3-12-6-4-7-13(10-12)18-16(20)19-15-9-5-8-14(17)11(15)2/h4-10H,3H2,1-2H3,(H2,18,19,20). The third-order valence-corrected chi connectivity index (χ3v) is 3.31. The summed E-state index contributed by atoms with van der Waals surface area (Å²) < 4.78 is 13.5. The minimum atomic E-state index is -0.245. The van der Waals surface area contributed by atoms with E-state index in [1.165, 1.54) is 11.6 Å². The van der Waals surface area contributed by atoms with Crippen molar-refractivity contribution in [2.75, 3.05) is 10.6 Å². The van der Waals surface area contributed by atoms with Gasteiger partial charge in [-0.2, -0.15) is 0 Å². The Kier molecular flexibility index (Phi) is 4.69. The SMILES string of the molecule is CCc1cccc(NC(=S)Nc2cccc(F)c2C)c1. The van der Waals surface area contributed by atoms with E-state index >= 15 is 0 Å². The molecule has 0 unspecified atom stereocenters. The molecular formula is C16H17FN2S. The van der Waals surface area contributed by atoms with E-state index in [2.05, 4.69) is 23.6 Å². The summed E-state index contributed by atoms with van der Waals surface area (Å²) >= 11 is 5.26. The molecule has 0 aliphatic carbocycles. The summed E-state index contributed by atoms with van der Waals surface area (Å²) in [5.74, 6) is -0.245. The zero-order chi connectivity index (χ0) is 14.5. The average Bonchev–Trinajstić information content (AvgIpc) is 2.44. The summed E-state index contributed by atoms with van der Waals surface area (Å²) in [6, 6.07) is 12.9. The minimum Gasteiger partial charge on any atom is -0.332 e. The first-order valence-electron chi connectivity index (χ1n) is 6.52. The van der Waals surface area contributed by atoms with Gasteiger partial charge in [-0.05, 0) is 55.4 Å². The van der Waals surface area contributed by atoms with Crippen molar-refractivity contribution in [3.05, 3.63) is 59.4 Å². The van der Waals surface area contributed by atoms with Crippen LogP contribution in [0, 0.1) is 12.7 Å². The van der Waals surface area contributed by atoms with Crippen LogP contribution in [0.4, 0.5) is 15.8 Å². The molecule has 104 valence electrons. The number of nitrogens with one attached hydrogen (secondary N) is 2. The van der Waals surface area contributed by atoms with Gasteiger partial charge in [-0.3, -0.25) is 0 Å². The van der Waals surface area contributed by atoms with Crippen LogP contribution in [0.15, 0.2) is 42.5 Å². The molecule has 0 radical (unpaired) electrons. The zero-order valence-electron chi connectivity index (χ0n) is 11.5. The lowest BCUT2D eigenvalue weighted by atomic mass is 10.1. The van der Waals surface area contributed by atoms with Gasteiger partial charge < -0.3 is 10.6 Å². The Morgan fingerprint density at radius 1 is 1.15 bits per heavy atom. The molecule has 4 heteroatoms. The normalized spacial score (nSPS) is 10.2. The lowest BCUT2D eigenvalue weighted by Gasteiger charge is -2.13. The summed E-state index contributed by atoms with van der Waals surface area (Å²) in [5, 5.41) is 6.58. The molecule has 2 aromatic rings. The molecule has 0 heterocycles. The Morgan fingerprint density at radius 3 is 2.65 bits per heavy atom. The molecule has 0 aliphatic rings. The van der Waals surface area contributed by atoms with Crippen molar-refractivity contribution >= 4 is 28.7 Å². The van der Waals surface area contributed by atoms with Crippen LogP contribution in [-0.2, 0) is 6.42 Å². The summed E-state index contributed by atoms with van der Waals surface area (Å²) in [4.78, 5) is 0. The van der Waals surface area contributed by atoms with Crippen LogP contribution in [0.2, 0.25) is 0 Å². The summed E-state index contributed by atoms with van der Waals surface area (Å²) in [6.45, 7) is 3.82. The maximum atomic E-state index is 13.5. The van der Waals surface area contributed by atoms with Crippen molar-refractivity contribution in [2.24, 2.45) is 0 Å². The first kappa shape index (κ1) is 14.5. The lowest BCUT2D eigenvalue weighted by molar-refractivity contribution is 0.619. The number of hydrogen-bond donors (Lipinski definition) is 2. The molecule has 0 spiro atoms. The molecule has 20 heavy (non-hydrogen) atoms. The number of aryl methyl sites for hydroxylation is 1. The van der Waals surface area contributed by atoms with Gasteiger partial charge in [0.05, 0.1) is 0 Å². The molecule has 0 bridgehead atoms. The van der Waals surface area contributed by atoms with Gasteiger partial charge >= 0.3 is 0 Å². The van der Waals surface area contributed by atoms with Gasteiger partial charge in [-0.25, -0.2) is 4.39 Å². The number of halogens is 1. The molecule has 0 atom stereocenters. The largest absolute Gasteiger partial charge is 0.332 e. The molecule has 0 fully saturated rings. The van der Waals surface area contributed by atoms with E-state index in [1.807, 2.05) is 18.2 Å². The Labute approximate surface area is 124 Å². The number of rotatable bonds is 3. The number of anilines is 2. The van der Waals surface area contributed by atoms with Gasteiger partial charge in [0.15, 0.2) is 5.11 Å². The van der Waals surface area contributed by atoms with Crippen molar-refractivity contribution in [2.45, 2.75) is 20.3 Å². The second-order valence-electron chi connectivity index (χ2n) is 4.55. The van der Waals surface area contributed by atoms with Crippen molar-refractivity contribution in [3.8, 4) is 0 Å². The van der Waals surface area contributed by atoms with Gasteiger partial charge in [0.2, 0.25) is 0 Å². The lowest BCUT2D eigenvalue weighted by Crippen LogP contribution is -2.19. The van der Waals surface area contributed by atoms with Crippen molar-refractivity contribution in [1.29, 1.82) is 0 Å². The van der Waals surface area contributed by atoms with Crippen molar-refractivity contribution in [1.82, 2.24) is 0 Å². The minimum absolute atomic E-state index is 0.245. The van der Waals surface area contributed by atoms with E-state index < -0.39 is 0 Å². The molecule has 2 N–H and O–H groups in total. The smallest absolute Gasteiger partial charge is 0.175 e. The van der Waals surface area contributed by atoms with E-state index in [0.717, 1.165) is 12.1 Å². The monoisotopic (exact) mass is 288 g/mol. The molecular weight excluding hydrogens is 271 g/mol. The fourth-order valence-electron chi connectivity index (χ4n) is 1.90. The van der Waals surface area contributed by atoms with Gasteiger partial charge in [-0.1, -0.05) is 25.1 Å². The third kappa shape index (κ3) is 3.54. The van der Waals surface area contributed by atoms with Crippen LogP contribution in [0.25, 0.3) is 0 Å². The van der Waals surface area contributed by atoms with Crippen molar-refractivity contribution < 1.29 is 4.39 Å². The third-order valence-electron chi connectivity index (χ3n) is 3.11. The van der Waals surface area contributed by atoms with E-state index in [4.69, 9.17) is 12.2 Å². The highest BCUT2D eigenvalue weighted by Gasteiger charge is 2.05. The maximum Gasteiger partial charge on any atom is 0.175 e. The average molecular weight is 288 g/mol. The van der Waals surface area contributed by atoms with Crippen LogP contribution in [0.3, 0.4) is 0 Å². The molecule has 0 amide bonds. The topological polar surface area (TPSA) is 24.1 Å². The Bertz CT molecular complexity index is 626. The Morgan fingerprint density at radius 2 is 1.90 bits per heavy atom. The maximum absolute atomic E-state index is 13.5. The Hall–Kier alpha value is -1.94. The molecule has 2 nitrogen and oxygen atoms in total. The second-order valence-corrected chi connectivity index (χ2v) is 4.95. The number of thiocarbonyl (C=S) groups is 1. The predicted octanol–water partition coefficient (Wildman–Crippen LogP) is 4.51. The van der Waals surface area contributed by atoms with Gasteiger partial charge in [-0.15, -0.1) is 0 Å². The fourth-order valence-corrected chi connectivity index (χ4v) is 2.12. The van der Waals surface area contributed by atoms with Crippen LogP contribution in [0.1, 0.15) is 18.1 Å². The van der Waals surface area contributed by atoms with Crippen LogP contribution >= 0.6 is 12.2 Å². The summed E-state index contributed by atoms with van der Waals surface area (Å²) in [6.07, 6.45) is 0.971. The molecule has 0 saturated heterocycles. The molecule has 2 rings (SSSR count). The van der Waals surface area contributed by atoms with E-state index in [-0.39, 0.29) is 5.82 Å². The van der Waals surface area contributed by atoms with E-state index in [0.29, 0.717) is 16.4 Å². The number of benzene rings is 2. The Balaban J connectivity index is 2.07. The van der Waals surface area contributed by atoms with Crippen LogP contribution in [-0.4, -0.2) is 5.11 Å². The second kappa shape index (κ2) is 6.48. The first-order valence-corrected chi connectivity index (χ1v) is 6.93. The highest BCUT2D eigenvalue weighted by Crippen LogP contribution is 2.18. The first-order chi connectivity index (χ1) is 9.60. The zero-order valence-corrected chi connectivity index (χ0v) is 12.4. The summed E-state index contributed by atoms with van der Waals surface area (Å²) in [5.41, 5.74) is 3.39. The quantitative estimate of drug-likeness (QED) is 0.813. The predicted molar refractivity (Wildman–Crippen MR) is 86.8 cm³/mol. The molecule has 0 aliphatic heterocycles. The van der Waals surface area contributed by atoms with Crippen LogP contribution < -0.4 is 10.6 Å². The van der Waals surface area contributed by atoms with Crippen molar-refractivity contribution in [3.63, 3.8) is 0 Å².